The molecule has 1 N–H and O–H groups in total. The molecule has 0 aromatic heterocycles. The van der Waals surface area contributed by atoms with Gasteiger partial charge in [0.25, 0.3) is 5.91 Å². The van der Waals surface area contributed by atoms with Gasteiger partial charge in [0, 0.05) is 13.0 Å². The first-order valence-electron chi connectivity index (χ1n) is 7.58. The number of nitrogens with zero attached hydrogens (tertiary/aromatic N) is 1. The molecule has 124 valence electrons. The van der Waals surface area contributed by atoms with Crippen molar-refractivity contribution in [2.24, 2.45) is 0 Å². The van der Waals surface area contributed by atoms with Gasteiger partial charge < -0.3 is 10.1 Å². The first-order valence-corrected chi connectivity index (χ1v) is 7.58. The molecule has 1 unspecified atom stereocenters. The Balaban J connectivity index is 2.15. The summed E-state index contributed by atoms with van der Waals surface area (Å²) in [5.74, 6) is -0.649. The monoisotopic (exact) mass is 318 g/mol. The molecule has 1 aromatic rings. The summed E-state index contributed by atoms with van der Waals surface area (Å²) in [5.41, 5.74) is 1.88. The third-order valence-corrected chi connectivity index (χ3v) is 4.35. The van der Waals surface area contributed by atoms with Crippen LogP contribution in [0.15, 0.2) is 18.2 Å². The fourth-order valence-electron chi connectivity index (χ4n) is 2.63. The molecular formula is C17H22N2O4. The second kappa shape index (κ2) is 6.40. The summed E-state index contributed by atoms with van der Waals surface area (Å²) in [4.78, 5) is 37.2. The molecule has 0 spiro atoms. The van der Waals surface area contributed by atoms with Crippen molar-refractivity contribution in [3.05, 3.63) is 34.9 Å². The molecule has 1 atom stereocenters. The van der Waals surface area contributed by atoms with Gasteiger partial charge in [0.15, 0.2) is 0 Å². The number of rotatable bonds is 5. The molecular weight excluding hydrogens is 296 g/mol. The minimum absolute atomic E-state index is 0.175. The number of hydrogen-bond acceptors (Lipinski definition) is 4. The van der Waals surface area contributed by atoms with Crippen LogP contribution in [0, 0.1) is 13.8 Å². The first kappa shape index (κ1) is 17.0. The van der Waals surface area contributed by atoms with Crippen LogP contribution in [0.1, 0.15) is 36.5 Å². The number of esters is 1. The number of nitrogens with one attached hydrogen (secondary N) is 1. The van der Waals surface area contributed by atoms with Gasteiger partial charge in [-0.25, -0.2) is 4.79 Å². The molecule has 3 amide bonds. The molecule has 1 aromatic carbocycles. The van der Waals surface area contributed by atoms with Crippen molar-refractivity contribution in [2.75, 3.05) is 13.7 Å². The van der Waals surface area contributed by atoms with Crippen molar-refractivity contribution in [3.8, 4) is 0 Å². The first-order chi connectivity index (χ1) is 10.8. The van der Waals surface area contributed by atoms with E-state index in [0.717, 1.165) is 21.6 Å². The van der Waals surface area contributed by atoms with Gasteiger partial charge in [0.2, 0.25) is 0 Å². The Hall–Kier alpha value is -2.37. The minimum Gasteiger partial charge on any atom is -0.469 e. The van der Waals surface area contributed by atoms with Crippen molar-refractivity contribution in [2.45, 2.75) is 39.2 Å². The molecule has 1 aliphatic heterocycles. The standard InChI is InChI=1S/C17H22N2O4/c1-11-7-8-13(10-12(11)2)17(3)15(21)19(16(22)18-17)9-5-6-14(20)23-4/h7-8,10H,5-6,9H2,1-4H3,(H,18,22). The maximum atomic E-state index is 12.7. The van der Waals surface area contributed by atoms with Crippen LogP contribution in [0.3, 0.4) is 0 Å². The summed E-state index contributed by atoms with van der Waals surface area (Å²) in [6.45, 7) is 5.87. The highest BCUT2D eigenvalue weighted by atomic mass is 16.5. The number of carbonyl (C=O) groups is 3. The highest BCUT2D eigenvalue weighted by molar-refractivity contribution is 6.07. The average molecular weight is 318 g/mol. The molecule has 0 saturated carbocycles. The molecule has 2 rings (SSSR count). The number of benzene rings is 1. The second-order valence-corrected chi connectivity index (χ2v) is 5.99. The summed E-state index contributed by atoms with van der Waals surface area (Å²) in [6.07, 6.45) is 0.558. The zero-order valence-electron chi connectivity index (χ0n) is 13.9. The Morgan fingerprint density at radius 2 is 1.96 bits per heavy atom. The molecule has 23 heavy (non-hydrogen) atoms. The molecule has 1 saturated heterocycles. The van der Waals surface area contributed by atoms with Crippen molar-refractivity contribution in [3.63, 3.8) is 0 Å². The Morgan fingerprint density at radius 1 is 1.26 bits per heavy atom. The van der Waals surface area contributed by atoms with Gasteiger partial charge in [-0.05, 0) is 43.9 Å². The van der Waals surface area contributed by atoms with Crippen LogP contribution in [0.5, 0.6) is 0 Å². The van der Waals surface area contributed by atoms with Crippen molar-refractivity contribution in [1.82, 2.24) is 10.2 Å². The number of urea groups is 1. The maximum absolute atomic E-state index is 12.7. The molecule has 6 nitrogen and oxygen atoms in total. The zero-order chi connectivity index (χ0) is 17.2. The van der Waals surface area contributed by atoms with Crippen LogP contribution in [0.4, 0.5) is 4.79 Å². The molecule has 6 heteroatoms. The van der Waals surface area contributed by atoms with Gasteiger partial charge in [-0.15, -0.1) is 0 Å². The van der Waals surface area contributed by atoms with Crippen molar-refractivity contribution in [1.29, 1.82) is 0 Å². The van der Waals surface area contributed by atoms with Gasteiger partial charge in [-0.2, -0.15) is 0 Å². The highest BCUT2D eigenvalue weighted by Gasteiger charge is 2.48. The van der Waals surface area contributed by atoms with E-state index in [-0.39, 0.29) is 24.8 Å². The molecule has 0 radical (unpaired) electrons. The van der Waals surface area contributed by atoms with Crippen LogP contribution in [0.2, 0.25) is 0 Å². The fourth-order valence-corrected chi connectivity index (χ4v) is 2.63. The Labute approximate surface area is 135 Å². The molecule has 1 heterocycles. The number of methoxy groups -OCH3 is 1. The Morgan fingerprint density at radius 3 is 2.57 bits per heavy atom. The van der Waals surface area contributed by atoms with E-state index < -0.39 is 11.6 Å². The van der Waals surface area contributed by atoms with Crippen LogP contribution >= 0.6 is 0 Å². The van der Waals surface area contributed by atoms with Crippen LogP contribution in [-0.4, -0.2) is 36.5 Å². The van der Waals surface area contributed by atoms with E-state index in [1.165, 1.54) is 7.11 Å². The molecule has 0 bridgehead atoms. The van der Waals surface area contributed by atoms with Gasteiger partial charge >= 0.3 is 12.0 Å². The summed E-state index contributed by atoms with van der Waals surface area (Å²) >= 11 is 0. The average Bonchev–Trinajstić information content (AvgIpc) is 2.73. The van der Waals surface area contributed by atoms with Gasteiger partial charge in [-0.3, -0.25) is 14.5 Å². The predicted octanol–water partition coefficient (Wildman–Crippen LogP) is 2.02. The quantitative estimate of drug-likeness (QED) is 0.666. The smallest absolute Gasteiger partial charge is 0.325 e. The van der Waals surface area contributed by atoms with Crippen molar-refractivity contribution >= 4 is 17.9 Å². The van der Waals surface area contributed by atoms with E-state index in [4.69, 9.17) is 0 Å². The van der Waals surface area contributed by atoms with E-state index in [1.54, 1.807) is 6.92 Å². The summed E-state index contributed by atoms with van der Waals surface area (Å²) in [6, 6.07) is 5.29. The van der Waals surface area contributed by atoms with E-state index in [0.29, 0.717) is 6.42 Å². The van der Waals surface area contributed by atoms with Gasteiger partial charge in [0.05, 0.1) is 7.11 Å². The third-order valence-electron chi connectivity index (χ3n) is 4.35. The number of hydrogen-bond donors (Lipinski definition) is 1. The Kier molecular flexibility index (Phi) is 4.73. The maximum Gasteiger partial charge on any atom is 0.325 e. The molecule has 0 aliphatic carbocycles. The Bertz CT molecular complexity index is 656. The van der Waals surface area contributed by atoms with E-state index in [1.807, 2.05) is 32.0 Å². The number of imide groups is 1. The number of carbonyl (C=O) groups excluding carboxylic acids is 3. The van der Waals surface area contributed by atoms with Gasteiger partial charge in [0.1, 0.15) is 5.54 Å². The lowest BCUT2D eigenvalue weighted by molar-refractivity contribution is -0.141. The van der Waals surface area contributed by atoms with Crippen LogP contribution in [-0.2, 0) is 19.9 Å². The lowest BCUT2D eigenvalue weighted by atomic mass is 9.89. The topological polar surface area (TPSA) is 75.7 Å². The van der Waals surface area contributed by atoms with E-state index in [2.05, 4.69) is 10.1 Å². The number of aryl methyl sites for hydroxylation is 2. The van der Waals surface area contributed by atoms with Crippen LogP contribution < -0.4 is 5.32 Å². The molecule has 1 aliphatic rings. The summed E-state index contributed by atoms with van der Waals surface area (Å²) in [5, 5.41) is 2.77. The second-order valence-electron chi connectivity index (χ2n) is 5.99. The normalized spacial score (nSPS) is 20.6. The lowest BCUT2D eigenvalue weighted by Crippen LogP contribution is -2.41. The van der Waals surface area contributed by atoms with E-state index in [9.17, 15) is 14.4 Å². The zero-order valence-corrected chi connectivity index (χ0v) is 13.9. The van der Waals surface area contributed by atoms with E-state index >= 15 is 0 Å². The number of amides is 3. The third kappa shape index (κ3) is 3.21. The largest absolute Gasteiger partial charge is 0.469 e. The SMILES string of the molecule is COC(=O)CCCN1C(=O)NC(C)(c2ccc(C)c(C)c2)C1=O. The summed E-state index contributed by atoms with van der Waals surface area (Å²) in [7, 11) is 1.31. The van der Waals surface area contributed by atoms with Crippen molar-refractivity contribution < 1.29 is 19.1 Å². The predicted molar refractivity (Wildman–Crippen MR) is 84.8 cm³/mol. The minimum atomic E-state index is -1.07. The number of ether oxygens (including phenoxy) is 1. The fraction of sp³-hybridized carbons (Fsp3) is 0.471. The lowest BCUT2D eigenvalue weighted by Gasteiger charge is -2.23. The van der Waals surface area contributed by atoms with Gasteiger partial charge in [-0.1, -0.05) is 18.2 Å². The highest BCUT2D eigenvalue weighted by Crippen LogP contribution is 2.30. The molecule has 1 fully saturated rings. The van der Waals surface area contributed by atoms with Crippen LogP contribution in [0.25, 0.3) is 0 Å². The summed E-state index contributed by atoms with van der Waals surface area (Å²) < 4.78 is 4.56.